The summed E-state index contributed by atoms with van der Waals surface area (Å²) in [6, 6.07) is 9.39. The first-order valence-electron chi connectivity index (χ1n) is 5.85. The fourth-order valence-electron chi connectivity index (χ4n) is 1.94. The van der Waals surface area contributed by atoms with Crippen LogP contribution in [0.1, 0.15) is 12.0 Å². The summed E-state index contributed by atoms with van der Waals surface area (Å²) in [5, 5.41) is 8.84. The van der Waals surface area contributed by atoms with E-state index in [9.17, 15) is 9.59 Å². The zero-order chi connectivity index (χ0) is 13.0. The average molecular weight is 249 g/mol. The van der Waals surface area contributed by atoms with Gasteiger partial charge in [0.05, 0.1) is 5.92 Å². The van der Waals surface area contributed by atoms with Gasteiger partial charge in [0, 0.05) is 13.1 Å². The van der Waals surface area contributed by atoms with Gasteiger partial charge in [-0.05, 0) is 12.0 Å². The van der Waals surface area contributed by atoms with Crippen molar-refractivity contribution in [2.45, 2.75) is 13.0 Å². The van der Waals surface area contributed by atoms with Gasteiger partial charge >= 0.3 is 12.1 Å². The molecule has 5 nitrogen and oxygen atoms in total. The van der Waals surface area contributed by atoms with Crippen molar-refractivity contribution in [3.63, 3.8) is 0 Å². The van der Waals surface area contributed by atoms with Gasteiger partial charge in [-0.15, -0.1) is 0 Å². The van der Waals surface area contributed by atoms with Gasteiger partial charge in [0.25, 0.3) is 0 Å². The highest BCUT2D eigenvalue weighted by Gasteiger charge is 2.31. The van der Waals surface area contributed by atoms with Gasteiger partial charge in [-0.25, -0.2) is 4.79 Å². The van der Waals surface area contributed by atoms with Crippen molar-refractivity contribution >= 4 is 12.1 Å². The predicted molar refractivity (Wildman–Crippen MR) is 63.9 cm³/mol. The van der Waals surface area contributed by atoms with Crippen LogP contribution in [-0.4, -0.2) is 35.2 Å². The fourth-order valence-corrected chi connectivity index (χ4v) is 1.94. The number of rotatable bonds is 3. The van der Waals surface area contributed by atoms with Crippen LogP contribution in [-0.2, 0) is 16.1 Å². The fraction of sp³-hybridized carbons (Fsp3) is 0.385. The summed E-state index contributed by atoms with van der Waals surface area (Å²) in [7, 11) is 0. The Balaban J connectivity index is 1.81. The minimum atomic E-state index is -0.853. The lowest BCUT2D eigenvalue weighted by Crippen LogP contribution is -2.30. The van der Waals surface area contributed by atoms with Crippen molar-refractivity contribution in [3.05, 3.63) is 35.9 Å². The van der Waals surface area contributed by atoms with E-state index < -0.39 is 18.0 Å². The highest BCUT2D eigenvalue weighted by Crippen LogP contribution is 2.17. The van der Waals surface area contributed by atoms with Crippen LogP contribution in [0.25, 0.3) is 0 Å². The molecule has 1 saturated heterocycles. The third-order valence-corrected chi connectivity index (χ3v) is 3.00. The summed E-state index contributed by atoms with van der Waals surface area (Å²) in [6.07, 6.45) is 0.0538. The van der Waals surface area contributed by atoms with Crippen molar-refractivity contribution in [1.29, 1.82) is 0 Å². The van der Waals surface area contributed by atoms with Gasteiger partial charge in [0.15, 0.2) is 0 Å². The van der Waals surface area contributed by atoms with Crippen molar-refractivity contribution in [2.24, 2.45) is 5.92 Å². The smallest absolute Gasteiger partial charge is 0.410 e. The van der Waals surface area contributed by atoms with Gasteiger partial charge in [0.1, 0.15) is 6.61 Å². The number of carbonyl (C=O) groups excluding carboxylic acids is 1. The summed E-state index contributed by atoms with van der Waals surface area (Å²) in [5.74, 6) is -1.32. The first-order valence-corrected chi connectivity index (χ1v) is 5.85. The van der Waals surface area contributed by atoms with Crippen LogP contribution in [0, 0.1) is 5.92 Å². The van der Waals surface area contributed by atoms with E-state index >= 15 is 0 Å². The lowest BCUT2D eigenvalue weighted by molar-refractivity contribution is -0.141. The Morgan fingerprint density at radius 1 is 1.33 bits per heavy atom. The molecule has 0 spiro atoms. The molecule has 96 valence electrons. The Bertz CT molecular complexity index is 432. The van der Waals surface area contributed by atoms with Crippen LogP contribution in [0.3, 0.4) is 0 Å². The van der Waals surface area contributed by atoms with Gasteiger partial charge < -0.3 is 14.7 Å². The summed E-state index contributed by atoms with van der Waals surface area (Å²) in [6.45, 7) is 0.904. The molecule has 1 N–H and O–H groups in total. The average Bonchev–Trinajstić information content (AvgIpc) is 2.87. The van der Waals surface area contributed by atoms with Crippen LogP contribution in [0.15, 0.2) is 30.3 Å². The monoisotopic (exact) mass is 249 g/mol. The minimum absolute atomic E-state index is 0.216. The maximum Gasteiger partial charge on any atom is 0.410 e. The van der Waals surface area contributed by atoms with E-state index in [1.165, 1.54) is 4.90 Å². The Hall–Kier alpha value is -2.04. The highest BCUT2D eigenvalue weighted by molar-refractivity contribution is 5.74. The van der Waals surface area contributed by atoms with Crippen LogP contribution in [0.2, 0.25) is 0 Å². The number of carbonyl (C=O) groups is 2. The van der Waals surface area contributed by atoms with E-state index in [0.717, 1.165) is 5.56 Å². The van der Waals surface area contributed by atoms with Gasteiger partial charge in [-0.1, -0.05) is 30.3 Å². The Morgan fingerprint density at radius 2 is 2.06 bits per heavy atom. The van der Waals surface area contributed by atoms with Gasteiger partial charge in [-0.3, -0.25) is 4.79 Å². The molecule has 2 rings (SSSR count). The van der Waals surface area contributed by atoms with Crippen LogP contribution < -0.4 is 0 Å². The van der Waals surface area contributed by atoms with Crippen LogP contribution in [0.4, 0.5) is 4.79 Å². The molecule has 5 heteroatoms. The van der Waals surface area contributed by atoms with Crippen LogP contribution in [0.5, 0.6) is 0 Å². The van der Waals surface area contributed by atoms with E-state index in [1.54, 1.807) is 0 Å². The molecule has 0 unspecified atom stereocenters. The quantitative estimate of drug-likeness (QED) is 0.885. The second-order valence-electron chi connectivity index (χ2n) is 4.31. The zero-order valence-corrected chi connectivity index (χ0v) is 9.91. The van der Waals surface area contributed by atoms with Crippen molar-refractivity contribution in [3.8, 4) is 0 Å². The van der Waals surface area contributed by atoms with Crippen molar-refractivity contribution < 1.29 is 19.4 Å². The molecular formula is C13H15NO4. The van der Waals surface area contributed by atoms with Gasteiger partial charge in [0.2, 0.25) is 0 Å². The van der Waals surface area contributed by atoms with E-state index in [1.807, 2.05) is 30.3 Å². The third kappa shape index (κ3) is 3.00. The number of aliphatic carboxylic acids is 1. The minimum Gasteiger partial charge on any atom is -0.481 e. The number of carboxylic acid groups (broad SMARTS) is 1. The van der Waals surface area contributed by atoms with Crippen molar-refractivity contribution in [2.75, 3.05) is 13.1 Å². The Morgan fingerprint density at radius 3 is 2.67 bits per heavy atom. The molecule has 0 aliphatic carbocycles. The van der Waals surface area contributed by atoms with E-state index in [2.05, 4.69) is 0 Å². The summed E-state index contributed by atoms with van der Waals surface area (Å²) < 4.78 is 5.13. The molecule has 0 saturated carbocycles. The predicted octanol–water partition coefficient (Wildman–Crippen LogP) is 1.73. The molecule has 0 radical (unpaired) electrons. The molecule has 0 bridgehead atoms. The van der Waals surface area contributed by atoms with Gasteiger partial charge in [-0.2, -0.15) is 0 Å². The molecule has 18 heavy (non-hydrogen) atoms. The maximum atomic E-state index is 11.7. The van der Waals surface area contributed by atoms with E-state index in [0.29, 0.717) is 13.0 Å². The zero-order valence-electron chi connectivity index (χ0n) is 9.91. The first-order chi connectivity index (χ1) is 8.66. The molecule has 1 atom stereocenters. The molecule has 1 aromatic rings. The first kappa shape index (κ1) is 12.4. The summed E-state index contributed by atoms with van der Waals surface area (Å²) >= 11 is 0. The molecule has 1 aromatic carbocycles. The lowest BCUT2D eigenvalue weighted by atomic mass is 10.1. The number of nitrogens with zero attached hydrogens (tertiary/aromatic N) is 1. The van der Waals surface area contributed by atoms with E-state index in [-0.39, 0.29) is 13.2 Å². The van der Waals surface area contributed by atoms with Crippen LogP contribution >= 0.6 is 0 Å². The standard InChI is InChI=1S/C13H15NO4/c15-12(16)11-6-7-14(8-11)13(17)18-9-10-4-2-1-3-5-10/h1-5,11H,6-9H2,(H,15,16)/t11-/m1/s1. The topological polar surface area (TPSA) is 66.8 Å². The number of hydrogen-bond acceptors (Lipinski definition) is 3. The number of likely N-dealkylation sites (tertiary alicyclic amines) is 1. The number of ether oxygens (including phenoxy) is 1. The van der Waals surface area contributed by atoms with Crippen molar-refractivity contribution in [1.82, 2.24) is 4.90 Å². The third-order valence-electron chi connectivity index (χ3n) is 3.00. The lowest BCUT2D eigenvalue weighted by Gasteiger charge is -2.15. The number of hydrogen-bond donors (Lipinski definition) is 1. The highest BCUT2D eigenvalue weighted by atomic mass is 16.6. The summed E-state index contributed by atoms with van der Waals surface area (Å²) in [4.78, 5) is 23.9. The van der Waals surface area contributed by atoms with E-state index in [4.69, 9.17) is 9.84 Å². The molecule has 1 amide bonds. The summed E-state index contributed by atoms with van der Waals surface area (Å²) in [5.41, 5.74) is 0.917. The molecule has 1 aliphatic heterocycles. The number of carboxylic acids is 1. The molecule has 1 heterocycles. The Labute approximate surface area is 105 Å². The second-order valence-corrected chi connectivity index (χ2v) is 4.31. The number of benzene rings is 1. The molecule has 1 aliphatic rings. The molecule has 1 fully saturated rings. The normalized spacial score (nSPS) is 18.7. The largest absolute Gasteiger partial charge is 0.481 e. The Kier molecular flexibility index (Phi) is 3.82. The second kappa shape index (κ2) is 5.53. The maximum absolute atomic E-state index is 11.7. The molecule has 0 aromatic heterocycles. The number of amides is 1. The molecular weight excluding hydrogens is 234 g/mol. The SMILES string of the molecule is O=C(O)[C@@H]1CCN(C(=O)OCc2ccccc2)C1.